The predicted molar refractivity (Wildman–Crippen MR) is 102 cm³/mol. The van der Waals surface area contributed by atoms with Gasteiger partial charge in [0.2, 0.25) is 5.82 Å². The summed E-state index contributed by atoms with van der Waals surface area (Å²) < 4.78 is 5.25. The maximum absolute atomic E-state index is 11.9. The number of methoxy groups -OCH3 is 1. The Morgan fingerprint density at radius 3 is 2.78 bits per heavy atom. The van der Waals surface area contributed by atoms with Crippen molar-refractivity contribution in [3.8, 4) is 17.1 Å². The summed E-state index contributed by atoms with van der Waals surface area (Å²) in [7, 11) is 1.61. The van der Waals surface area contributed by atoms with Crippen LogP contribution in [0.3, 0.4) is 0 Å². The number of nitrogens with one attached hydrogen (secondary N) is 1. The highest BCUT2D eigenvalue weighted by Crippen LogP contribution is 2.18. The zero-order chi connectivity index (χ0) is 18.9. The lowest BCUT2D eigenvalue weighted by molar-refractivity contribution is -0.122. The molecule has 3 aromatic rings. The van der Waals surface area contributed by atoms with Gasteiger partial charge in [0.15, 0.2) is 0 Å². The molecule has 0 unspecified atom stereocenters. The molecule has 136 valence electrons. The molecule has 0 radical (unpaired) electrons. The molecule has 0 aliphatic carbocycles. The molecular formula is C19H18N6O2. The van der Waals surface area contributed by atoms with E-state index in [4.69, 9.17) is 4.74 Å². The molecular weight excluding hydrogens is 344 g/mol. The first kappa shape index (κ1) is 18.0. The Morgan fingerprint density at radius 2 is 1.96 bits per heavy atom. The van der Waals surface area contributed by atoms with Crippen LogP contribution in [0, 0.1) is 0 Å². The van der Waals surface area contributed by atoms with Crippen LogP contribution in [0.1, 0.15) is 5.56 Å². The summed E-state index contributed by atoms with van der Waals surface area (Å²) in [4.78, 5) is 13.1. The molecule has 0 aliphatic rings. The molecule has 3 rings (SSSR count). The first-order chi connectivity index (χ1) is 13.3. The SMILES string of the molecule is COc1ccccc1/C=C/C=N/NC(=O)Cn1nnc(-c2ccccc2)n1. The van der Waals surface area contributed by atoms with E-state index in [1.807, 2.05) is 60.7 Å². The molecule has 0 saturated carbocycles. The number of carbonyl (C=O) groups is 1. The number of tetrazole rings is 1. The Bertz CT molecular complexity index is 950. The number of rotatable bonds is 7. The maximum Gasteiger partial charge on any atom is 0.263 e. The molecule has 1 aromatic heterocycles. The fourth-order valence-electron chi connectivity index (χ4n) is 2.28. The van der Waals surface area contributed by atoms with Crippen molar-refractivity contribution in [1.82, 2.24) is 25.6 Å². The van der Waals surface area contributed by atoms with E-state index in [0.717, 1.165) is 16.9 Å². The Hall–Kier alpha value is -3.81. The molecule has 1 amide bonds. The standard InChI is InChI=1S/C19H18N6O2/c1-27-17-12-6-5-8-15(17)11-7-13-20-21-18(26)14-25-23-19(22-24-25)16-9-3-2-4-10-16/h2-13H,14H2,1H3,(H,21,26)/b11-7+,20-13+. The summed E-state index contributed by atoms with van der Waals surface area (Å²) in [6.07, 6.45) is 5.02. The number of allylic oxidation sites excluding steroid dienone is 1. The second-order valence-corrected chi connectivity index (χ2v) is 5.42. The molecule has 8 nitrogen and oxygen atoms in total. The van der Waals surface area contributed by atoms with Gasteiger partial charge in [-0.25, -0.2) is 5.43 Å². The number of nitrogens with zero attached hydrogens (tertiary/aromatic N) is 5. The Morgan fingerprint density at radius 1 is 1.19 bits per heavy atom. The van der Waals surface area contributed by atoms with Gasteiger partial charge in [0.1, 0.15) is 12.3 Å². The first-order valence-corrected chi connectivity index (χ1v) is 8.21. The van der Waals surface area contributed by atoms with Crippen molar-refractivity contribution in [2.45, 2.75) is 6.54 Å². The number of carbonyl (C=O) groups excluding carboxylic acids is 1. The van der Waals surface area contributed by atoms with Gasteiger partial charge >= 0.3 is 0 Å². The molecule has 8 heteroatoms. The summed E-state index contributed by atoms with van der Waals surface area (Å²) in [5.74, 6) is 0.873. The van der Waals surface area contributed by atoms with Crippen LogP contribution in [0.5, 0.6) is 5.75 Å². The van der Waals surface area contributed by atoms with Crippen molar-refractivity contribution in [1.29, 1.82) is 0 Å². The zero-order valence-electron chi connectivity index (χ0n) is 14.7. The van der Waals surface area contributed by atoms with Crippen LogP contribution in [-0.2, 0) is 11.3 Å². The molecule has 0 spiro atoms. The highest BCUT2D eigenvalue weighted by Gasteiger charge is 2.08. The number of hydrogen-bond donors (Lipinski definition) is 1. The smallest absolute Gasteiger partial charge is 0.263 e. The van der Waals surface area contributed by atoms with Crippen molar-refractivity contribution in [2.75, 3.05) is 7.11 Å². The fourth-order valence-corrected chi connectivity index (χ4v) is 2.28. The monoisotopic (exact) mass is 362 g/mol. The van der Waals surface area contributed by atoms with Crippen molar-refractivity contribution in [2.24, 2.45) is 5.10 Å². The van der Waals surface area contributed by atoms with E-state index in [2.05, 4.69) is 25.9 Å². The summed E-state index contributed by atoms with van der Waals surface area (Å²) in [6.45, 7) is -0.0760. The average molecular weight is 362 g/mol. The summed E-state index contributed by atoms with van der Waals surface area (Å²) in [5.41, 5.74) is 4.17. The van der Waals surface area contributed by atoms with Crippen molar-refractivity contribution < 1.29 is 9.53 Å². The molecule has 0 bridgehead atoms. The van der Waals surface area contributed by atoms with Crippen LogP contribution < -0.4 is 10.2 Å². The Kier molecular flexibility index (Phi) is 6.03. The van der Waals surface area contributed by atoms with Gasteiger partial charge in [0, 0.05) is 17.3 Å². The van der Waals surface area contributed by atoms with Crippen LogP contribution >= 0.6 is 0 Å². The predicted octanol–water partition coefficient (Wildman–Crippen LogP) is 2.16. The van der Waals surface area contributed by atoms with Gasteiger partial charge in [-0.1, -0.05) is 48.5 Å². The molecule has 0 saturated heterocycles. The van der Waals surface area contributed by atoms with E-state index in [-0.39, 0.29) is 12.5 Å². The number of amides is 1. The summed E-state index contributed by atoms with van der Waals surface area (Å²) in [6, 6.07) is 17.0. The van der Waals surface area contributed by atoms with Crippen LogP contribution in [0.4, 0.5) is 0 Å². The third kappa shape index (κ3) is 5.08. The first-order valence-electron chi connectivity index (χ1n) is 8.21. The number of hydrogen-bond acceptors (Lipinski definition) is 6. The van der Waals surface area contributed by atoms with Crippen molar-refractivity contribution >= 4 is 18.2 Å². The van der Waals surface area contributed by atoms with E-state index in [1.54, 1.807) is 13.2 Å². The van der Waals surface area contributed by atoms with E-state index in [1.165, 1.54) is 11.0 Å². The van der Waals surface area contributed by atoms with E-state index < -0.39 is 0 Å². The van der Waals surface area contributed by atoms with Gasteiger partial charge < -0.3 is 4.74 Å². The van der Waals surface area contributed by atoms with Crippen molar-refractivity contribution in [3.63, 3.8) is 0 Å². The molecule has 2 aromatic carbocycles. The average Bonchev–Trinajstić information content (AvgIpc) is 3.17. The van der Waals surface area contributed by atoms with Gasteiger partial charge in [-0.05, 0) is 23.4 Å². The third-order valence-electron chi connectivity index (χ3n) is 3.53. The molecule has 1 N–H and O–H groups in total. The second-order valence-electron chi connectivity index (χ2n) is 5.42. The normalized spacial score (nSPS) is 11.1. The minimum Gasteiger partial charge on any atom is -0.496 e. The zero-order valence-corrected chi connectivity index (χ0v) is 14.7. The highest BCUT2D eigenvalue weighted by molar-refractivity contribution is 5.81. The Labute approximate surface area is 156 Å². The topological polar surface area (TPSA) is 94.3 Å². The summed E-state index contributed by atoms with van der Waals surface area (Å²) >= 11 is 0. The van der Waals surface area contributed by atoms with Crippen LogP contribution in [0.2, 0.25) is 0 Å². The van der Waals surface area contributed by atoms with Crippen LogP contribution in [0.15, 0.2) is 65.8 Å². The molecule has 0 aliphatic heterocycles. The number of benzene rings is 2. The lowest BCUT2D eigenvalue weighted by atomic mass is 10.2. The van der Waals surface area contributed by atoms with E-state index in [9.17, 15) is 4.79 Å². The molecule has 0 atom stereocenters. The molecule has 1 heterocycles. The minimum atomic E-state index is -0.353. The Balaban J connectivity index is 1.50. The van der Waals surface area contributed by atoms with E-state index in [0.29, 0.717) is 5.82 Å². The number of aromatic nitrogens is 4. The molecule has 0 fully saturated rings. The lowest BCUT2D eigenvalue weighted by Gasteiger charge is -2.02. The maximum atomic E-state index is 11.9. The minimum absolute atomic E-state index is 0.0760. The summed E-state index contributed by atoms with van der Waals surface area (Å²) in [5, 5.41) is 15.8. The second kappa shape index (κ2) is 9.04. The van der Waals surface area contributed by atoms with Crippen molar-refractivity contribution in [3.05, 3.63) is 66.2 Å². The third-order valence-corrected chi connectivity index (χ3v) is 3.53. The fraction of sp³-hybridized carbons (Fsp3) is 0.105. The van der Waals surface area contributed by atoms with E-state index >= 15 is 0 Å². The number of para-hydroxylation sites is 1. The number of ether oxygens (including phenoxy) is 1. The van der Waals surface area contributed by atoms with Crippen LogP contribution in [0.25, 0.3) is 17.5 Å². The molecule has 27 heavy (non-hydrogen) atoms. The van der Waals surface area contributed by atoms with Crippen LogP contribution in [-0.4, -0.2) is 39.4 Å². The van der Waals surface area contributed by atoms with Gasteiger partial charge in [-0.15, -0.1) is 10.2 Å². The number of hydrazone groups is 1. The highest BCUT2D eigenvalue weighted by atomic mass is 16.5. The quantitative estimate of drug-likeness (QED) is 0.513. The van der Waals surface area contributed by atoms with Gasteiger partial charge in [0.05, 0.1) is 7.11 Å². The lowest BCUT2D eigenvalue weighted by Crippen LogP contribution is -2.24. The van der Waals surface area contributed by atoms with Gasteiger partial charge in [0.25, 0.3) is 5.91 Å². The largest absolute Gasteiger partial charge is 0.496 e. The van der Waals surface area contributed by atoms with Gasteiger partial charge in [-0.3, -0.25) is 4.79 Å². The van der Waals surface area contributed by atoms with Gasteiger partial charge in [-0.2, -0.15) is 9.90 Å².